The minimum atomic E-state index is -0.343. The van der Waals surface area contributed by atoms with E-state index in [2.05, 4.69) is 0 Å². The lowest BCUT2D eigenvalue weighted by Crippen LogP contribution is -1.90. The first-order valence-corrected chi connectivity index (χ1v) is 3.99. The predicted octanol–water partition coefficient (Wildman–Crippen LogP) is 2.61. The van der Waals surface area contributed by atoms with E-state index < -0.39 is 0 Å². The summed E-state index contributed by atoms with van der Waals surface area (Å²) in [6.45, 7) is 0. The van der Waals surface area contributed by atoms with Gasteiger partial charge in [-0.25, -0.2) is 4.39 Å². The van der Waals surface area contributed by atoms with Crippen LogP contribution in [0.25, 0.3) is 0 Å². The number of benzene rings is 1. The maximum absolute atomic E-state index is 13.0. The largest absolute Gasteiger partial charge is 0.303 e. The van der Waals surface area contributed by atoms with Crippen molar-refractivity contribution in [3.05, 3.63) is 34.6 Å². The molecule has 0 spiro atoms. The molecule has 0 fully saturated rings. The first-order valence-electron chi connectivity index (χ1n) is 3.61. The molecule has 0 aliphatic heterocycles. The van der Waals surface area contributed by atoms with Crippen LogP contribution in [0.2, 0.25) is 5.02 Å². The van der Waals surface area contributed by atoms with Crippen LogP contribution in [-0.2, 0) is 11.2 Å². The average Bonchev–Trinajstić information content (AvgIpc) is 2.03. The summed E-state index contributed by atoms with van der Waals surface area (Å²) in [5.41, 5.74) is 0.534. The summed E-state index contributed by atoms with van der Waals surface area (Å²) in [6, 6.07) is 4.47. The quantitative estimate of drug-likeness (QED) is 0.664. The summed E-state index contributed by atoms with van der Waals surface area (Å²) >= 11 is 5.54. The fraction of sp³-hybridized carbons (Fsp3) is 0.222. The highest BCUT2D eigenvalue weighted by molar-refractivity contribution is 6.30. The zero-order valence-corrected chi connectivity index (χ0v) is 7.14. The molecule has 0 atom stereocenters. The Morgan fingerprint density at radius 1 is 1.50 bits per heavy atom. The molecule has 1 aromatic rings. The lowest BCUT2D eigenvalue weighted by atomic mass is 10.1. The van der Waals surface area contributed by atoms with E-state index in [1.807, 2.05) is 0 Å². The van der Waals surface area contributed by atoms with Gasteiger partial charge in [0.2, 0.25) is 0 Å². The van der Waals surface area contributed by atoms with Crippen molar-refractivity contribution in [1.29, 1.82) is 0 Å². The summed E-state index contributed by atoms with van der Waals surface area (Å²) < 4.78 is 13.0. The van der Waals surface area contributed by atoms with Gasteiger partial charge in [-0.3, -0.25) is 0 Å². The van der Waals surface area contributed by atoms with Crippen molar-refractivity contribution < 1.29 is 9.18 Å². The molecular weight excluding hydrogens is 179 g/mol. The molecule has 0 bridgehead atoms. The van der Waals surface area contributed by atoms with Gasteiger partial charge >= 0.3 is 0 Å². The van der Waals surface area contributed by atoms with E-state index in [1.165, 1.54) is 6.07 Å². The van der Waals surface area contributed by atoms with Crippen molar-refractivity contribution >= 4 is 17.9 Å². The Labute approximate surface area is 75.2 Å². The van der Waals surface area contributed by atoms with E-state index in [0.717, 1.165) is 6.29 Å². The maximum atomic E-state index is 13.0. The van der Waals surface area contributed by atoms with Crippen molar-refractivity contribution in [3.8, 4) is 0 Å². The number of hydrogen-bond acceptors (Lipinski definition) is 1. The molecule has 1 aromatic carbocycles. The molecule has 0 amide bonds. The number of aldehydes is 1. The standard InChI is InChI=1S/C9H8ClFO/c10-8-4-3-7(2-1-5-12)9(11)6-8/h3-6H,1-2H2. The Bertz CT molecular complexity index is 286. The molecule has 1 rings (SSSR count). The van der Waals surface area contributed by atoms with Crippen molar-refractivity contribution in [2.75, 3.05) is 0 Å². The molecule has 0 saturated carbocycles. The lowest BCUT2D eigenvalue weighted by Gasteiger charge is -1.99. The predicted molar refractivity (Wildman–Crippen MR) is 45.8 cm³/mol. The molecular formula is C9H8ClFO. The third-order valence-electron chi connectivity index (χ3n) is 1.55. The van der Waals surface area contributed by atoms with Crippen LogP contribution < -0.4 is 0 Å². The lowest BCUT2D eigenvalue weighted by molar-refractivity contribution is -0.107. The van der Waals surface area contributed by atoms with Gasteiger partial charge in [-0.2, -0.15) is 0 Å². The van der Waals surface area contributed by atoms with Crippen LogP contribution in [0.3, 0.4) is 0 Å². The van der Waals surface area contributed by atoms with Crippen LogP contribution in [0.1, 0.15) is 12.0 Å². The summed E-state index contributed by atoms with van der Waals surface area (Å²) in [6.07, 6.45) is 1.55. The fourth-order valence-electron chi connectivity index (χ4n) is 0.939. The molecule has 1 nitrogen and oxygen atoms in total. The summed E-state index contributed by atoms with van der Waals surface area (Å²) in [5.74, 6) is -0.343. The highest BCUT2D eigenvalue weighted by atomic mass is 35.5. The molecule has 64 valence electrons. The van der Waals surface area contributed by atoms with E-state index in [0.29, 0.717) is 23.4 Å². The fourth-order valence-corrected chi connectivity index (χ4v) is 1.10. The Hall–Kier alpha value is -0.890. The molecule has 3 heteroatoms. The van der Waals surface area contributed by atoms with Crippen molar-refractivity contribution in [2.45, 2.75) is 12.8 Å². The van der Waals surface area contributed by atoms with Gasteiger partial charge < -0.3 is 4.79 Å². The van der Waals surface area contributed by atoms with Gasteiger partial charge in [-0.1, -0.05) is 17.7 Å². The molecule has 12 heavy (non-hydrogen) atoms. The minimum Gasteiger partial charge on any atom is -0.303 e. The van der Waals surface area contributed by atoms with Crippen LogP contribution in [0.4, 0.5) is 4.39 Å². The van der Waals surface area contributed by atoms with Crippen LogP contribution in [0, 0.1) is 5.82 Å². The number of carbonyl (C=O) groups is 1. The smallest absolute Gasteiger partial charge is 0.127 e. The second-order valence-electron chi connectivity index (χ2n) is 2.44. The summed E-state index contributed by atoms with van der Waals surface area (Å²) in [4.78, 5) is 10.0. The molecule has 0 radical (unpaired) electrons. The first-order chi connectivity index (χ1) is 5.74. The zero-order chi connectivity index (χ0) is 8.97. The van der Waals surface area contributed by atoms with Crippen LogP contribution in [0.5, 0.6) is 0 Å². The van der Waals surface area contributed by atoms with Crippen LogP contribution >= 0.6 is 11.6 Å². The highest BCUT2D eigenvalue weighted by Crippen LogP contribution is 2.15. The molecule has 0 saturated heterocycles. The summed E-state index contributed by atoms with van der Waals surface area (Å²) in [7, 11) is 0. The second kappa shape index (κ2) is 4.21. The van der Waals surface area contributed by atoms with E-state index in [-0.39, 0.29) is 5.82 Å². The Balaban J connectivity index is 2.78. The Morgan fingerprint density at radius 2 is 2.25 bits per heavy atom. The SMILES string of the molecule is O=CCCc1ccc(Cl)cc1F. The third-order valence-corrected chi connectivity index (χ3v) is 1.78. The Kier molecular flexibility index (Phi) is 3.23. The molecule has 0 aliphatic rings. The number of aryl methyl sites for hydroxylation is 1. The monoisotopic (exact) mass is 186 g/mol. The highest BCUT2D eigenvalue weighted by Gasteiger charge is 2.01. The van der Waals surface area contributed by atoms with E-state index in [9.17, 15) is 9.18 Å². The van der Waals surface area contributed by atoms with Gasteiger partial charge in [-0.05, 0) is 24.1 Å². The Morgan fingerprint density at radius 3 is 2.83 bits per heavy atom. The van der Waals surface area contributed by atoms with Crippen LogP contribution in [-0.4, -0.2) is 6.29 Å². The van der Waals surface area contributed by atoms with Gasteiger partial charge in [0.05, 0.1) is 0 Å². The van der Waals surface area contributed by atoms with Gasteiger partial charge in [0, 0.05) is 11.4 Å². The zero-order valence-electron chi connectivity index (χ0n) is 6.39. The minimum absolute atomic E-state index is 0.343. The maximum Gasteiger partial charge on any atom is 0.127 e. The van der Waals surface area contributed by atoms with E-state index in [1.54, 1.807) is 12.1 Å². The van der Waals surface area contributed by atoms with E-state index in [4.69, 9.17) is 11.6 Å². The molecule has 0 heterocycles. The number of halogens is 2. The van der Waals surface area contributed by atoms with Gasteiger partial charge in [-0.15, -0.1) is 0 Å². The topological polar surface area (TPSA) is 17.1 Å². The van der Waals surface area contributed by atoms with Crippen LogP contribution in [0.15, 0.2) is 18.2 Å². The molecule has 0 N–H and O–H groups in total. The van der Waals surface area contributed by atoms with Crippen molar-refractivity contribution in [3.63, 3.8) is 0 Å². The molecule has 0 aliphatic carbocycles. The van der Waals surface area contributed by atoms with Crippen molar-refractivity contribution in [1.82, 2.24) is 0 Å². The number of hydrogen-bond donors (Lipinski definition) is 0. The number of carbonyl (C=O) groups excluding carboxylic acids is 1. The van der Waals surface area contributed by atoms with Crippen molar-refractivity contribution in [2.24, 2.45) is 0 Å². The summed E-state index contributed by atoms with van der Waals surface area (Å²) in [5, 5.41) is 0.377. The molecule has 0 unspecified atom stereocenters. The normalized spacial score (nSPS) is 9.83. The third kappa shape index (κ3) is 2.31. The number of rotatable bonds is 3. The average molecular weight is 187 g/mol. The second-order valence-corrected chi connectivity index (χ2v) is 2.88. The van der Waals surface area contributed by atoms with Gasteiger partial charge in [0.1, 0.15) is 12.1 Å². The van der Waals surface area contributed by atoms with Gasteiger partial charge in [0.15, 0.2) is 0 Å². The molecule has 0 aromatic heterocycles. The first kappa shape index (κ1) is 9.20. The van der Waals surface area contributed by atoms with Gasteiger partial charge in [0.25, 0.3) is 0 Å². The van der Waals surface area contributed by atoms with E-state index >= 15 is 0 Å².